The van der Waals surface area contributed by atoms with E-state index in [9.17, 15) is 0 Å². The second-order valence-corrected chi connectivity index (χ2v) is 4.12. The molecule has 15 heavy (non-hydrogen) atoms. The highest BCUT2D eigenvalue weighted by atomic mass is 79.9. The Morgan fingerprint density at radius 2 is 2.13 bits per heavy atom. The number of hydrogen-bond donors (Lipinski definition) is 0. The van der Waals surface area contributed by atoms with Gasteiger partial charge in [-0.05, 0) is 0 Å². The summed E-state index contributed by atoms with van der Waals surface area (Å²) in [6.07, 6.45) is 1.98. The van der Waals surface area contributed by atoms with Crippen molar-refractivity contribution in [3.8, 4) is 0 Å². The van der Waals surface area contributed by atoms with Crippen molar-refractivity contribution in [2.75, 3.05) is 32.8 Å². The molecule has 0 bridgehead atoms. The van der Waals surface area contributed by atoms with Crippen LogP contribution in [0.1, 0.15) is 5.69 Å². The van der Waals surface area contributed by atoms with E-state index in [1.54, 1.807) is 0 Å². The third-order valence-corrected chi connectivity index (χ3v) is 3.05. The second-order valence-electron chi connectivity index (χ2n) is 3.56. The van der Waals surface area contributed by atoms with E-state index < -0.39 is 0 Å². The number of nitrogens with zero attached hydrogens (tertiary/aromatic N) is 4. The fourth-order valence-corrected chi connectivity index (χ4v) is 1.83. The summed E-state index contributed by atoms with van der Waals surface area (Å²) < 4.78 is 7.19. The van der Waals surface area contributed by atoms with Crippen LogP contribution in [0.5, 0.6) is 0 Å². The second kappa shape index (κ2) is 5.58. The van der Waals surface area contributed by atoms with Gasteiger partial charge in [0.1, 0.15) is 0 Å². The summed E-state index contributed by atoms with van der Waals surface area (Å²) in [5, 5.41) is 8.84. The first kappa shape index (κ1) is 11.0. The number of halogens is 1. The Kier molecular flexibility index (Phi) is 4.10. The molecule has 0 aromatic carbocycles. The zero-order chi connectivity index (χ0) is 10.5. The number of hydrogen-bond acceptors (Lipinski definition) is 4. The summed E-state index contributed by atoms with van der Waals surface area (Å²) >= 11 is 3.36. The van der Waals surface area contributed by atoms with Gasteiger partial charge in [0.25, 0.3) is 0 Å². The maximum absolute atomic E-state index is 5.29. The first-order valence-electron chi connectivity index (χ1n) is 5.13. The minimum absolute atomic E-state index is 0.768. The number of ether oxygens (including phenoxy) is 1. The summed E-state index contributed by atoms with van der Waals surface area (Å²) in [5.41, 5.74) is 0.983. The average molecular weight is 275 g/mol. The molecule has 0 amide bonds. The summed E-state index contributed by atoms with van der Waals surface area (Å²) in [6.45, 7) is 5.68. The zero-order valence-electron chi connectivity index (χ0n) is 8.60. The van der Waals surface area contributed by atoms with Crippen molar-refractivity contribution in [2.24, 2.45) is 0 Å². The maximum atomic E-state index is 5.29. The van der Waals surface area contributed by atoms with Gasteiger partial charge in [-0.25, -0.2) is 0 Å². The molecule has 6 heteroatoms. The highest BCUT2D eigenvalue weighted by Gasteiger charge is 2.10. The van der Waals surface area contributed by atoms with Crippen molar-refractivity contribution in [1.29, 1.82) is 0 Å². The van der Waals surface area contributed by atoms with Gasteiger partial charge in [0.2, 0.25) is 0 Å². The Labute approximate surface area is 97.5 Å². The van der Waals surface area contributed by atoms with Crippen LogP contribution in [-0.2, 0) is 16.6 Å². The smallest absolute Gasteiger partial charge is 0.0932 e. The quantitative estimate of drug-likeness (QED) is 0.751. The van der Waals surface area contributed by atoms with Crippen LogP contribution < -0.4 is 0 Å². The minimum atomic E-state index is 0.768. The Hall–Kier alpha value is -0.460. The van der Waals surface area contributed by atoms with Crippen molar-refractivity contribution in [2.45, 2.75) is 11.9 Å². The molecule has 1 aliphatic rings. The van der Waals surface area contributed by atoms with Crippen molar-refractivity contribution < 1.29 is 4.74 Å². The van der Waals surface area contributed by atoms with Gasteiger partial charge in [0.05, 0.1) is 25.5 Å². The molecular weight excluding hydrogens is 260 g/mol. The molecule has 1 aromatic rings. The first-order chi connectivity index (χ1) is 7.38. The molecule has 2 heterocycles. The molecule has 5 nitrogen and oxygen atoms in total. The highest BCUT2D eigenvalue weighted by Crippen LogP contribution is 2.01. The molecule has 0 saturated carbocycles. The van der Waals surface area contributed by atoms with Gasteiger partial charge in [0.15, 0.2) is 0 Å². The van der Waals surface area contributed by atoms with Crippen molar-refractivity contribution in [3.05, 3.63) is 11.9 Å². The van der Waals surface area contributed by atoms with E-state index in [0.29, 0.717) is 0 Å². The van der Waals surface area contributed by atoms with Crippen LogP contribution in [0.15, 0.2) is 6.20 Å². The van der Waals surface area contributed by atoms with E-state index in [1.807, 2.05) is 10.9 Å². The van der Waals surface area contributed by atoms with Crippen molar-refractivity contribution in [1.82, 2.24) is 19.9 Å². The van der Waals surface area contributed by atoms with E-state index in [2.05, 4.69) is 31.1 Å². The van der Waals surface area contributed by atoms with Crippen molar-refractivity contribution in [3.63, 3.8) is 0 Å². The Bertz CT molecular complexity index is 298. The largest absolute Gasteiger partial charge is 0.379 e. The number of alkyl halides is 1. The topological polar surface area (TPSA) is 43.2 Å². The van der Waals surface area contributed by atoms with Gasteiger partial charge < -0.3 is 4.74 Å². The lowest BCUT2D eigenvalue weighted by molar-refractivity contribution is 0.0359. The highest BCUT2D eigenvalue weighted by molar-refractivity contribution is 9.08. The Morgan fingerprint density at radius 3 is 2.80 bits per heavy atom. The minimum Gasteiger partial charge on any atom is -0.379 e. The van der Waals surface area contributed by atoms with Crippen LogP contribution in [0.2, 0.25) is 0 Å². The monoisotopic (exact) mass is 274 g/mol. The average Bonchev–Trinajstić information content (AvgIpc) is 2.76. The number of aromatic nitrogens is 3. The fourth-order valence-electron chi connectivity index (χ4n) is 1.58. The van der Waals surface area contributed by atoms with Crippen LogP contribution in [0, 0.1) is 0 Å². The fraction of sp³-hybridized carbons (Fsp3) is 0.778. The van der Waals surface area contributed by atoms with Crippen LogP contribution in [0.25, 0.3) is 0 Å². The zero-order valence-corrected chi connectivity index (χ0v) is 10.2. The van der Waals surface area contributed by atoms with Crippen LogP contribution >= 0.6 is 15.9 Å². The molecule has 0 spiro atoms. The standard InChI is InChI=1S/C9H15BrN4O/c10-7-9-8-14(12-11-9)2-1-13-3-5-15-6-4-13/h8H,1-7H2. The van der Waals surface area contributed by atoms with Gasteiger partial charge in [0, 0.05) is 31.2 Å². The van der Waals surface area contributed by atoms with Crippen LogP contribution in [0.3, 0.4) is 0 Å². The van der Waals surface area contributed by atoms with Gasteiger partial charge in [-0.3, -0.25) is 9.58 Å². The molecule has 0 unspecified atom stereocenters. The molecular formula is C9H15BrN4O. The molecule has 0 atom stereocenters. The molecule has 0 aliphatic carbocycles. The maximum Gasteiger partial charge on any atom is 0.0932 e. The molecule has 1 aromatic heterocycles. The van der Waals surface area contributed by atoms with Gasteiger partial charge in [-0.2, -0.15) is 0 Å². The van der Waals surface area contributed by atoms with Crippen LogP contribution in [-0.4, -0.2) is 52.7 Å². The van der Waals surface area contributed by atoms with E-state index in [4.69, 9.17) is 4.74 Å². The lowest BCUT2D eigenvalue weighted by Crippen LogP contribution is -2.38. The number of morpholine rings is 1. The van der Waals surface area contributed by atoms with Gasteiger partial charge >= 0.3 is 0 Å². The SMILES string of the molecule is BrCc1cn(CCN2CCOCC2)nn1. The molecule has 2 rings (SSSR count). The molecule has 0 N–H and O–H groups in total. The van der Waals surface area contributed by atoms with Gasteiger partial charge in [-0.15, -0.1) is 5.10 Å². The Balaban J connectivity index is 1.76. The third kappa shape index (κ3) is 3.25. The molecule has 1 saturated heterocycles. The van der Waals surface area contributed by atoms with Crippen LogP contribution in [0.4, 0.5) is 0 Å². The third-order valence-electron chi connectivity index (χ3n) is 2.47. The lowest BCUT2D eigenvalue weighted by atomic mass is 10.4. The molecule has 1 aliphatic heterocycles. The predicted molar refractivity (Wildman–Crippen MR) is 59.9 cm³/mol. The summed E-state index contributed by atoms with van der Waals surface area (Å²) in [7, 11) is 0. The molecule has 84 valence electrons. The van der Waals surface area contributed by atoms with E-state index in [0.717, 1.165) is 50.4 Å². The molecule has 0 radical (unpaired) electrons. The summed E-state index contributed by atoms with van der Waals surface area (Å²) in [6, 6.07) is 0. The number of rotatable bonds is 4. The normalized spacial score (nSPS) is 18.2. The van der Waals surface area contributed by atoms with E-state index in [1.165, 1.54) is 0 Å². The lowest BCUT2D eigenvalue weighted by Gasteiger charge is -2.26. The van der Waals surface area contributed by atoms with Gasteiger partial charge in [-0.1, -0.05) is 21.1 Å². The summed E-state index contributed by atoms with van der Waals surface area (Å²) in [4.78, 5) is 2.39. The van der Waals surface area contributed by atoms with E-state index in [-0.39, 0.29) is 0 Å². The van der Waals surface area contributed by atoms with E-state index >= 15 is 0 Å². The van der Waals surface area contributed by atoms with Crippen molar-refractivity contribution >= 4 is 15.9 Å². The molecule has 1 fully saturated rings. The summed E-state index contributed by atoms with van der Waals surface area (Å²) in [5.74, 6) is 0. The first-order valence-corrected chi connectivity index (χ1v) is 6.26. The Morgan fingerprint density at radius 1 is 1.33 bits per heavy atom. The predicted octanol–water partition coefficient (Wildman–Crippen LogP) is 0.505.